The average molecular weight is 421 g/mol. The third-order valence-corrected chi connectivity index (χ3v) is 4.97. The molecule has 0 saturated heterocycles. The van der Waals surface area contributed by atoms with Crippen molar-refractivity contribution in [1.82, 2.24) is 10.3 Å². The monoisotopic (exact) mass is 421 g/mol. The fourth-order valence-corrected chi connectivity index (χ4v) is 3.23. The zero-order valence-electron chi connectivity index (χ0n) is 17.3. The number of carbonyl (C=O) groups excluding carboxylic acids is 1. The van der Waals surface area contributed by atoms with Gasteiger partial charge in [-0.25, -0.2) is 9.79 Å². The van der Waals surface area contributed by atoms with Crippen molar-refractivity contribution >= 4 is 18.0 Å². The van der Waals surface area contributed by atoms with Crippen molar-refractivity contribution in [2.45, 2.75) is 19.6 Å². The number of aliphatic hydroxyl groups excluding tert-OH is 1. The van der Waals surface area contributed by atoms with Gasteiger partial charge < -0.3 is 25.6 Å². The van der Waals surface area contributed by atoms with Gasteiger partial charge >= 0.3 is 5.97 Å². The second kappa shape index (κ2) is 9.84. The minimum atomic E-state index is -0.763. The van der Waals surface area contributed by atoms with E-state index < -0.39 is 6.10 Å². The van der Waals surface area contributed by atoms with Crippen molar-refractivity contribution in [3.05, 3.63) is 63.9 Å². The number of rotatable bonds is 8. The molecular weight excluding hydrogens is 398 g/mol. The van der Waals surface area contributed by atoms with Crippen LogP contribution in [0.2, 0.25) is 0 Å². The summed E-state index contributed by atoms with van der Waals surface area (Å²) in [4.78, 5) is 20.1. The number of aliphatic hydroxyl groups is 1. The summed E-state index contributed by atoms with van der Waals surface area (Å²) in [5.41, 5.74) is 9.65. The van der Waals surface area contributed by atoms with E-state index in [-0.39, 0.29) is 25.0 Å². The summed E-state index contributed by atoms with van der Waals surface area (Å²) in [6.45, 7) is 2.76. The van der Waals surface area contributed by atoms with E-state index in [1.165, 1.54) is 13.3 Å². The molecular formula is C22H23N5O4. The predicted molar refractivity (Wildman–Crippen MR) is 114 cm³/mol. The lowest BCUT2D eigenvalue weighted by Gasteiger charge is -2.16. The van der Waals surface area contributed by atoms with Gasteiger partial charge in [-0.05, 0) is 48.0 Å². The number of pyridine rings is 1. The average Bonchev–Trinajstić information content (AvgIpc) is 3.17. The SMILES string of the molecule is COc1nc(N=CC(=CN)CNC[C@H](O)c2ccc3c(c2C)COC3=O)ccc1C#N. The number of nitrogens with two attached hydrogens (primary N) is 1. The Kier molecular flexibility index (Phi) is 6.97. The van der Waals surface area contributed by atoms with E-state index in [1.807, 2.05) is 13.0 Å². The Balaban J connectivity index is 1.59. The maximum atomic E-state index is 11.7. The Morgan fingerprint density at radius 3 is 3.00 bits per heavy atom. The van der Waals surface area contributed by atoms with E-state index in [9.17, 15) is 9.90 Å². The summed E-state index contributed by atoms with van der Waals surface area (Å²) in [6.07, 6.45) is 2.20. The maximum Gasteiger partial charge on any atom is 0.338 e. The van der Waals surface area contributed by atoms with E-state index in [1.54, 1.807) is 30.5 Å². The topological polar surface area (TPSA) is 143 Å². The van der Waals surface area contributed by atoms with E-state index in [0.29, 0.717) is 29.1 Å². The molecule has 2 heterocycles. The molecule has 0 saturated carbocycles. The normalized spacial score (nSPS) is 14.3. The van der Waals surface area contributed by atoms with Crippen LogP contribution in [0.3, 0.4) is 0 Å². The fraction of sp³-hybridized carbons (Fsp3) is 0.273. The third-order valence-electron chi connectivity index (χ3n) is 4.97. The Morgan fingerprint density at radius 1 is 1.48 bits per heavy atom. The third kappa shape index (κ3) is 4.88. The first-order valence-corrected chi connectivity index (χ1v) is 9.56. The first-order chi connectivity index (χ1) is 15.0. The predicted octanol–water partition coefficient (Wildman–Crippen LogP) is 1.81. The first kappa shape index (κ1) is 22.0. The number of hydrogen-bond donors (Lipinski definition) is 3. The van der Waals surface area contributed by atoms with Gasteiger partial charge in [0.1, 0.15) is 18.2 Å². The van der Waals surface area contributed by atoms with Crippen LogP contribution in [0.4, 0.5) is 5.82 Å². The van der Waals surface area contributed by atoms with E-state index in [2.05, 4.69) is 15.3 Å². The molecule has 1 aliphatic rings. The van der Waals surface area contributed by atoms with Crippen molar-refractivity contribution in [2.75, 3.05) is 20.2 Å². The van der Waals surface area contributed by atoms with Gasteiger partial charge in [-0.2, -0.15) is 10.2 Å². The summed E-state index contributed by atoms with van der Waals surface area (Å²) in [5.74, 6) is 0.248. The first-order valence-electron chi connectivity index (χ1n) is 9.56. The lowest BCUT2D eigenvalue weighted by Crippen LogP contribution is -2.25. The summed E-state index contributed by atoms with van der Waals surface area (Å²) in [6, 6.07) is 8.61. The standard InChI is InChI=1S/C22H23N5O4/c1-13-16(4-5-17-18(13)12-31-22(17)29)19(28)11-25-9-14(7-23)10-26-20-6-3-15(8-24)21(27-20)30-2/h3-7,10,19,25,28H,9,11-12,23H2,1-2H3/t19-/m0/s1. The maximum absolute atomic E-state index is 11.7. The van der Waals surface area contributed by atoms with Crippen LogP contribution < -0.4 is 15.8 Å². The molecule has 1 atom stereocenters. The molecule has 9 nitrogen and oxygen atoms in total. The molecule has 9 heteroatoms. The molecule has 4 N–H and O–H groups in total. The number of carbonyl (C=O) groups is 1. The van der Waals surface area contributed by atoms with Crippen LogP contribution in [0, 0.1) is 18.3 Å². The number of benzene rings is 1. The Hall–Kier alpha value is -3.74. The van der Waals surface area contributed by atoms with Crippen LogP contribution in [0.5, 0.6) is 5.88 Å². The molecule has 2 aromatic rings. The van der Waals surface area contributed by atoms with Crippen LogP contribution >= 0.6 is 0 Å². The van der Waals surface area contributed by atoms with Crippen LogP contribution in [-0.2, 0) is 11.3 Å². The van der Waals surface area contributed by atoms with Crippen LogP contribution in [-0.4, -0.2) is 42.5 Å². The van der Waals surface area contributed by atoms with Gasteiger partial charge in [0.15, 0.2) is 5.82 Å². The Bertz CT molecular complexity index is 1090. The van der Waals surface area contributed by atoms with Crippen molar-refractivity contribution in [3.8, 4) is 11.9 Å². The number of fused-ring (bicyclic) bond motifs is 1. The molecule has 1 aromatic carbocycles. The molecule has 0 fully saturated rings. The van der Waals surface area contributed by atoms with Gasteiger partial charge in [0.05, 0.1) is 18.8 Å². The molecule has 31 heavy (non-hydrogen) atoms. The van der Waals surface area contributed by atoms with Crippen molar-refractivity contribution in [3.63, 3.8) is 0 Å². The van der Waals surface area contributed by atoms with Gasteiger partial charge in [-0.1, -0.05) is 6.07 Å². The summed E-state index contributed by atoms with van der Waals surface area (Å²) in [5, 5.41) is 22.7. The highest BCUT2D eigenvalue weighted by molar-refractivity contribution is 5.94. The minimum Gasteiger partial charge on any atom is -0.480 e. The van der Waals surface area contributed by atoms with E-state index >= 15 is 0 Å². The van der Waals surface area contributed by atoms with Crippen molar-refractivity contribution in [2.24, 2.45) is 10.7 Å². The van der Waals surface area contributed by atoms with Crippen molar-refractivity contribution < 1.29 is 19.4 Å². The highest BCUT2D eigenvalue weighted by atomic mass is 16.5. The van der Waals surface area contributed by atoms with Gasteiger partial charge in [0.25, 0.3) is 0 Å². The molecule has 0 bridgehead atoms. The van der Waals surface area contributed by atoms with Gasteiger partial charge in [-0.15, -0.1) is 0 Å². The number of nitrogens with zero attached hydrogens (tertiary/aromatic N) is 3. The molecule has 160 valence electrons. The number of nitriles is 1. The number of aliphatic imine (C=N–C) groups is 1. The summed E-state index contributed by atoms with van der Waals surface area (Å²) in [7, 11) is 1.44. The molecule has 0 spiro atoms. The highest BCUT2D eigenvalue weighted by Crippen LogP contribution is 2.28. The molecule has 0 amide bonds. The lowest BCUT2D eigenvalue weighted by atomic mass is 9.95. The Labute approximate surface area is 179 Å². The highest BCUT2D eigenvalue weighted by Gasteiger charge is 2.25. The number of aromatic nitrogens is 1. The second-order valence-corrected chi connectivity index (χ2v) is 6.87. The largest absolute Gasteiger partial charge is 0.480 e. The quantitative estimate of drug-likeness (QED) is 0.433. The minimum absolute atomic E-state index is 0.202. The molecule has 3 rings (SSSR count). The number of nitrogens with one attached hydrogen (secondary N) is 1. The number of ether oxygens (including phenoxy) is 2. The summed E-state index contributed by atoms with van der Waals surface area (Å²) >= 11 is 0. The van der Waals surface area contributed by atoms with Crippen LogP contribution in [0.25, 0.3) is 0 Å². The fourth-order valence-electron chi connectivity index (χ4n) is 3.23. The number of esters is 1. The zero-order chi connectivity index (χ0) is 22.4. The van der Waals surface area contributed by atoms with E-state index in [4.69, 9.17) is 20.5 Å². The zero-order valence-corrected chi connectivity index (χ0v) is 17.3. The number of methoxy groups -OCH3 is 1. The van der Waals surface area contributed by atoms with Gasteiger partial charge in [0, 0.05) is 24.9 Å². The van der Waals surface area contributed by atoms with Crippen LogP contribution in [0.15, 0.2) is 41.0 Å². The van der Waals surface area contributed by atoms with Gasteiger partial charge in [-0.3, -0.25) is 0 Å². The number of cyclic esters (lactones) is 1. The molecule has 0 radical (unpaired) electrons. The smallest absolute Gasteiger partial charge is 0.338 e. The molecule has 1 aliphatic heterocycles. The molecule has 0 aliphatic carbocycles. The number of hydrogen-bond acceptors (Lipinski definition) is 9. The Morgan fingerprint density at radius 2 is 2.29 bits per heavy atom. The van der Waals surface area contributed by atoms with Gasteiger partial charge in [0.2, 0.25) is 5.88 Å². The molecule has 0 unspecified atom stereocenters. The van der Waals surface area contributed by atoms with Crippen LogP contribution in [0.1, 0.15) is 38.7 Å². The van der Waals surface area contributed by atoms with E-state index in [0.717, 1.165) is 16.7 Å². The van der Waals surface area contributed by atoms with Crippen molar-refractivity contribution in [1.29, 1.82) is 5.26 Å². The molecule has 1 aromatic heterocycles. The summed E-state index contributed by atoms with van der Waals surface area (Å²) < 4.78 is 10.1. The lowest BCUT2D eigenvalue weighted by molar-refractivity contribution is 0.0535. The second-order valence-electron chi connectivity index (χ2n) is 6.87.